The van der Waals surface area contributed by atoms with Crippen molar-refractivity contribution < 1.29 is 4.74 Å². The first-order valence-corrected chi connectivity index (χ1v) is 6.77. The van der Waals surface area contributed by atoms with Crippen molar-refractivity contribution in [1.29, 1.82) is 0 Å². The van der Waals surface area contributed by atoms with E-state index in [2.05, 4.69) is 6.92 Å². The third-order valence-electron chi connectivity index (χ3n) is 4.95. The third-order valence-corrected chi connectivity index (χ3v) is 4.95. The maximum atomic E-state index is 5.30. The molecule has 0 radical (unpaired) electrons. The Balaban J connectivity index is 1.83. The van der Waals surface area contributed by atoms with Crippen molar-refractivity contribution >= 4 is 0 Å². The van der Waals surface area contributed by atoms with Crippen molar-refractivity contribution in [2.75, 3.05) is 13.7 Å². The molecule has 0 aliphatic heterocycles. The first-order valence-electron chi connectivity index (χ1n) is 6.77. The summed E-state index contributed by atoms with van der Waals surface area (Å²) in [6.07, 6.45) is 11.8. The van der Waals surface area contributed by atoms with E-state index in [4.69, 9.17) is 4.74 Å². The van der Waals surface area contributed by atoms with Gasteiger partial charge in [0.05, 0.1) is 0 Å². The molecule has 1 nitrogen and oxygen atoms in total. The van der Waals surface area contributed by atoms with Crippen LogP contribution in [0.1, 0.15) is 58.3 Å². The van der Waals surface area contributed by atoms with Gasteiger partial charge in [0.15, 0.2) is 0 Å². The predicted molar refractivity (Wildman–Crippen MR) is 63.9 cm³/mol. The summed E-state index contributed by atoms with van der Waals surface area (Å²) in [5.41, 5.74) is 0.745. The summed E-state index contributed by atoms with van der Waals surface area (Å²) in [4.78, 5) is 0. The van der Waals surface area contributed by atoms with Gasteiger partial charge in [-0.2, -0.15) is 0 Å². The minimum absolute atomic E-state index is 0.745. The first-order chi connectivity index (χ1) is 7.28. The van der Waals surface area contributed by atoms with Gasteiger partial charge in [0, 0.05) is 13.7 Å². The fourth-order valence-electron chi connectivity index (χ4n) is 3.86. The fourth-order valence-corrected chi connectivity index (χ4v) is 3.86. The maximum Gasteiger partial charge on any atom is 0.0490 e. The van der Waals surface area contributed by atoms with Crippen molar-refractivity contribution in [2.45, 2.75) is 58.3 Å². The molecule has 2 rings (SSSR count). The first kappa shape index (κ1) is 11.4. The van der Waals surface area contributed by atoms with Crippen LogP contribution < -0.4 is 0 Å². The van der Waals surface area contributed by atoms with Crippen molar-refractivity contribution in [2.24, 2.45) is 17.3 Å². The Kier molecular flexibility index (Phi) is 3.71. The molecule has 1 heteroatoms. The summed E-state index contributed by atoms with van der Waals surface area (Å²) in [6.45, 7) is 3.35. The van der Waals surface area contributed by atoms with Crippen LogP contribution in [0.5, 0.6) is 0 Å². The number of rotatable bonds is 3. The highest BCUT2D eigenvalue weighted by atomic mass is 16.5. The molecule has 1 atom stereocenters. The number of methoxy groups -OCH3 is 1. The molecule has 0 heterocycles. The number of hydrogen-bond acceptors (Lipinski definition) is 1. The third kappa shape index (κ3) is 2.55. The maximum absolute atomic E-state index is 5.30. The van der Waals surface area contributed by atoms with E-state index in [0.717, 1.165) is 23.9 Å². The largest absolute Gasteiger partial charge is 0.384 e. The quantitative estimate of drug-likeness (QED) is 0.683. The second kappa shape index (κ2) is 4.86. The lowest BCUT2D eigenvalue weighted by Gasteiger charge is -2.37. The molecule has 1 unspecified atom stereocenters. The molecule has 0 aromatic rings. The lowest BCUT2D eigenvalue weighted by atomic mass is 9.68. The van der Waals surface area contributed by atoms with Gasteiger partial charge in [0.1, 0.15) is 0 Å². The molecule has 0 saturated heterocycles. The molecule has 0 aromatic carbocycles. The van der Waals surface area contributed by atoms with Crippen molar-refractivity contribution in [3.8, 4) is 0 Å². The highest BCUT2D eigenvalue weighted by Gasteiger charge is 2.40. The average molecular weight is 210 g/mol. The Morgan fingerprint density at radius 1 is 1.07 bits per heavy atom. The van der Waals surface area contributed by atoms with Gasteiger partial charge >= 0.3 is 0 Å². The molecular weight excluding hydrogens is 184 g/mol. The lowest BCUT2D eigenvalue weighted by molar-refractivity contribution is 0.120. The molecular formula is C14H26O. The zero-order valence-electron chi connectivity index (χ0n) is 10.4. The minimum Gasteiger partial charge on any atom is -0.384 e. The molecule has 1 spiro atoms. The van der Waals surface area contributed by atoms with Crippen molar-refractivity contribution in [3.05, 3.63) is 0 Å². The van der Waals surface area contributed by atoms with Crippen LogP contribution in [0.2, 0.25) is 0 Å². The number of hydrogen-bond donors (Lipinski definition) is 0. The summed E-state index contributed by atoms with van der Waals surface area (Å²) in [6, 6.07) is 0. The molecule has 2 aliphatic rings. The van der Waals surface area contributed by atoms with Crippen LogP contribution >= 0.6 is 0 Å². The fraction of sp³-hybridized carbons (Fsp3) is 1.00. The SMILES string of the molecule is CCC1CCC2(CC1)CCC(COC)C2. The Bertz CT molecular complexity index is 192. The normalized spacial score (nSPS) is 41.2. The van der Waals surface area contributed by atoms with Crippen LogP contribution in [0.4, 0.5) is 0 Å². The van der Waals surface area contributed by atoms with Gasteiger partial charge in [0.25, 0.3) is 0 Å². The van der Waals surface area contributed by atoms with Gasteiger partial charge < -0.3 is 4.74 Å². The zero-order chi connectivity index (χ0) is 10.7. The number of ether oxygens (including phenoxy) is 1. The van der Waals surface area contributed by atoms with Gasteiger partial charge in [-0.3, -0.25) is 0 Å². The van der Waals surface area contributed by atoms with Crippen LogP contribution in [0, 0.1) is 17.3 Å². The average Bonchev–Trinajstić information content (AvgIpc) is 2.64. The van der Waals surface area contributed by atoms with E-state index in [-0.39, 0.29) is 0 Å². The molecule has 2 fully saturated rings. The van der Waals surface area contributed by atoms with Crippen LogP contribution in [-0.2, 0) is 4.74 Å². The second-order valence-corrected chi connectivity index (χ2v) is 5.92. The highest BCUT2D eigenvalue weighted by Crippen LogP contribution is 2.52. The highest BCUT2D eigenvalue weighted by molar-refractivity contribution is 4.92. The Morgan fingerprint density at radius 3 is 2.20 bits per heavy atom. The van der Waals surface area contributed by atoms with E-state index in [1.54, 1.807) is 0 Å². The van der Waals surface area contributed by atoms with Crippen molar-refractivity contribution in [3.63, 3.8) is 0 Å². The van der Waals surface area contributed by atoms with Gasteiger partial charge in [-0.1, -0.05) is 13.3 Å². The van der Waals surface area contributed by atoms with Crippen LogP contribution in [0.15, 0.2) is 0 Å². The summed E-state index contributed by atoms with van der Waals surface area (Å²) in [5, 5.41) is 0. The topological polar surface area (TPSA) is 9.23 Å². The molecule has 0 aromatic heterocycles. The van der Waals surface area contributed by atoms with Gasteiger partial charge in [-0.25, -0.2) is 0 Å². The van der Waals surface area contributed by atoms with Crippen LogP contribution in [-0.4, -0.2) is 13.7 Å². The van der Waals surface area contributed by atoms with Gasteiger partial charge in [-0.05, 0) is 62.2 Å². The molecule has 0 amide bonds. The van der Waals surface area contributed by atoms with E-state index >= 15 is 0 Å². The Labute approximate surface area is 94.6 Å². The summed E-state index contributed by atoms with van der Waals surface area (Å²) < 4.78 is 5.30. The predicted octanol–water partition coefficient (Wildman–Crippen LogP) is 4.02. The summed E-state index contributed by atoms with van der Waals surface area (Å²) in [5.74, 6) is 1.91. The molecule has 15 heavy (non-hydrogen) atoms. The smallest absolute Gasteiger partial charge is 0.0490 e. The van der Waals surface area contributed by atoms with Crippen molar-refractivity contribution in [1.82, 2.24) is 0 Å². The standard InChI is InChI=1S/C14H26O/c1-3-12-4-7-14(8-5-12)9-6-13(10-14)11-15-2/h12-13H,3-11H2,1-2H3. The molecule has 0 bridgehead atoms. The zero-order valence-corrected chi connectivity index (χ0v) is 10.4. The Morgan fingerprint density at radius 2 is 1.67 bits per heavy atom. The summed E-state index contributed by atoms with van der Waals surface area (Å²) in [7, 11) is 1.85. The molecule has 2 aliphatic carbocycles. The Hall–Kier alpha value is -0.0400. The molecule has 0 N–H and O–H groups in total. The van der Waals surface area contributed by atoms with Crippen LogP contribution in [0.3, 0.4) is 0 Å². The monoisotopic (exact) mass is 210 g/mol. The lowest BCUT2D eigenvalue weighted by Crippen LogP contribution is -2.25. The molecule has 2 saturated carbocycles. The van der Waals surface area contributed by atoms with Gasteiger partial charge in [0.2, 0.25) is 0 Å². The van der Waals surface area contributed by atoms with E-state index in [9.17, 15) is 0 Å². The summed E-state index contributed by atoms with van der Waals surface area (Å²) >= 11 is 0. The van der Waals surface area contributed by atoms with E-state index in [0.29, 0.717) is 0 Å². The second-order valence-electron chi connectivity index (χ2n) is 5.92. The molecule has 88 valence electrons. The van der Waals surface area contributed by atoms with E-state index < -0.39 is 0 Å². The van der Waals surface area contributed by atoms with E-state index in [1.165, 1.54) is 51.4 Å². The minimum atomic E-state index is 0.745. The van der Waals surface area contributed by atoms with Gasteiger partial charge in [-0.15, -0.1) is 0 Å². The van der Waals surface area contributed by atoms with E-state index in [1.807, 2.05) is 7.11 Å². The van der Waals surface area contributed by atoms with Crippen LogP contribution in [0.25, 0.3) is 0 Å².